The van der Waals surface area contributed by atoms with Crippen LogP contribution in [-0.4, -0.2) is 79.8 Å². The number of anilines is 3. The Morgan fingerprint density at radius 2 is 1.62 bits per heavy atom. The monoisotopic (exact) mass is 715 g/mol. The van der Waals surface area contributed by atoms with Gasteiger partial charge in [0.05, 0.1) is 5.60 Å². The summed E-state index contributed by atoms with van der Waals surface area (Å²) >= 11 is 0. The minimum Gasteiger partial charge on any atom is -0.385 e. The van der Waals surface area contributed by atoms with Gasteiger partial charge < -0.3 is 26.0 Å². The molecule has 0 aliphatic carbocycles. The number of carbonyl (C=O) groups excluding carboxylic acids is 3. The number of nitrogens with two attached hydrogens (primary N) is 1. The third-order valence-corrected chi connectivity index (χ3v) is 11.4. The summed E-state index contributed by atoms with van der Waals surface area (Å²) in [6, 6.07) is 17.9. The van der Waals surface area contributed by atoms with E-state index in [-0.39, 0.29) is 18.2 Å². The van der Waals surface area contributed by atoms with Gasteiger partial charge in [0, 0.05) is 87.6 Å². The second kappa shape index (κ2) is 14.6. The first-order chi connectivity index (χ1) is 25.7. The Hall–Kier alpha value is -5.24. The number of likely N-dealkylation sites (tertiary alicyclic amines) is 1. The van der Waals surface area contributed by atoms with Crippen LogP contribution in [0.4, 0.5) is 17.5 Å². The average Bonchev–Trinajstić information content (AvgIpc) is 3.51. The maximum Gasteiger partial charge on any atom is 0.255 e. The molecule has 1 atom stereocenters. The molecule has 0 saturated carbocycles. The molecule has 53 heavy (non-hydrogen) atoms. The number of nitrogens with zero attached hydrogens (tertiary/aromatic N) is 6. The molecule has 8 rings (SSSR count). The van der Waals surface area contributed by atoms with Crippen LogP contribution in [0.25, 0.3) is 0 Å². The van der Waals surface area contributed by atoms with Crippen LogP contribution in [0.3, 0.4) is 0 Å². The van der Waals surface area contributed by atoms with Crippen LogP contribution in [0.5, 0.6) is 0 Å². The fraction of sp³-hybridized carbons (Fsp3) is 0.400. The lowest BCUT2D eigenvalue weighted by molar-refractivity contribution is -0.136. The minimum absolute atomic E-state index is 0.200. The summed E-state index contributed by atoms with van der Waals surface area (Å²) in [6.07, 6.45) is 9.26. The van der Waals surface area contributed by atoms with Crippen LogP contribution in [0.1, 0.15) is 82.6 Å². The molecule has 4 aliphatic rings. The Morgan fingerprint density at radius 3 is 2.30 bits per heavy atom. The molecule has 13 heteroatoms. The highest BCUT2D eigenvalue weighted by Crippen LogP contribution is 2.37. The molecule has 274 valence electrons. The van der Waals surface area contributed by atoms with E-state index in [1.54, 1.807) is 23.4 Å². The number of hydrogen-bond acceptors (Lipinski definition) is 11. The predicted molar refractivity (Wildman–Crippen MR) is 199 cm³/mol. The van der Waals surface area contributed by atoms with E-state index < -0.39 is 17.6 Å². The predicted octanol–water partition coefficient (Wildman–Crippen LogP) is 3.70. The van der Waals surface area contributed by atoms with Gasteiger partial charge in [0.25, 0.3) is 5.91 Å². The van der Waals surface area contributed by atoms with Gasteiger partial charge in [-0.05, 0) is 84.5 Å². The number of hydrogen-bond donors (Lipinski definition) is 4. The molecule has 5 N–H and O–H groups in total. The van der Waals surface area contributed by atoms with Gasteiger partial charge in [-0.3, -0.25) is 24.6 Å². The Labute approximate surface area is 308 Å². The highest BCUT2D eigenvalue weighted by Gasteiger charge is 2.41. The molecular weight excluding hydrogens is 670 g/mol. The van der Waals surface area contributed by atoms with Crippen LogP contribution in [0.15, 0.2) is 73.2 Å². The van der Waals surface area contributed by atoms with Crippen LogP contribution < -0.4 is 21.3 Å². The van der Waals surface area contributed by atoms with Gasteiger partial charge in [-0.1, -0.05) is 30.3 Å². The second-order valence-electron chi connectivity index (χ2n) is 14.7. The maximum absolute atomic E-state index is 13.1. The fourth-order valence-electron chi connectivity index (χ4n) is 8.14. The zero-order valence-electron chi connectivity index (χ0n) is 29.7. The zero-order valence-corrected chi connectivity index (χ0v) is 29.7. The molecular formula is C40H45N9O4. The SMILES string of the molecule is NCc1cnc(Nc2ccc(C3CCN(c4ccc(CN5CCC(O)(c6ccc7c(c6)CN(C6CCC(=O)NC6=O)C7=O)CC5)cc4)CC3)cn2)nc1. The Kier molecular flexibility index (Phi) is 9.62. The van der Waals surface area contributed by atoms with Crippen molar-refractivity contribution in [3.8, 4) is 0 Å². The molecule has 6 heterocycles. The van der Waals surface area contributed by atoms with E-state index in [9.17, 15) is 19.5 Å². The molecule has 4 aliphatic heterocycles. The fourth-order valence-corrected chi connectivity index (χ4v) is 8.14. The molecule has 0 radical (unpaired) electrons. The lowest BCUT2D eigenvalue weighted by Crippen LogP contribution is -2.52. The highest BCUT2D eigenvalue weighted by atomic mass is 16.3. The van der Waals surface area contributed by atoms with Crippen molar-refractivity contribution in [3.05, 3.63) is 107 Å². The van der Waals surface area contributed by atoms with Crippen LogP contribution in [-0.2, 0) is 34.8 Å². The number of piperidine rings is 3. The first-order valence-electron chi connectivity index (χ1n) is 18.6. The van der Waals surface area contributed by atoms with E-state index in [1.807, 2.05) is 24.4 Å². The average molecular weight is 716 g/mol. The van der Waals surface area contributed by atoms with Gasteiger partial charge in [-0.15, -0.1) is 0 Å². The first-order valence-corrected chi connectivity index (χ1v) is 18.6. The number of carbonyl (C=O) groups is 3. The molecule has 1 unspecified atom stereocenters. The standard InChI is InChI=1S/C40H45N9O4/c41-20-27-21-43-39(44-22-27)45-35-9-3-29(23-42-35)28-11-15-48(16-12-28)32-5-1-26(2-6-32)24-47-17-13-40(53,14-18-47)31-4-7-33-30(19-31)25-49(38(33)52)34-8-10-36(50)46-37(34)51/h1-7,9,19,21-23,28,34,53H,8,10-18,20,24-25,41H2,(H,46,50,51)(H,42,43,44,45). The van der Waals surface area contributed by atoms with Crippen LogP contribution >= 0.6 is 0 Å². The van der Waals surface area contributed by atoms with Gasteiger partial charge >= 0.3 is 0 Å². The number of benzene rings is 2. The number of fused-ring (bicyclic) bond motifs is 1. The van der Waals surface area contributed by atoms with Crippen molar-refractivity contribution < 1.29 is 19.5 Å². The molecule has 2 aromatic carbocycles. The summed E-state index contributed by atoms with van der Waals surface area (Å²) in [6.45, 7) is 5.02. The van der Waals surface area contributed by atoms with Crippen molar-refractivity contribution in [1.82, 2.24) is 30.1 Å². The minimum atomic E-state index is -0.978. The molecule has 0 bridgehead atoms. The maximum atomic E-state index is 13.1. The van der Waals surface area contributed by atoms with E-state index in [0.29, 0.717) is 55.6 Å². The smallest absolute Gasteiger partial charge is 0.255 e. The molecule has 4 aromatic rings. The molecule has 0 spiro atoms. The quantitative estimate of drug-likeness (QED) is 0.187. The van der Waals surface area contributed by atoms with Crippen molar-refractivity contribution in [3.63, 3.8) is 0 Å². The molecule has 2 aromatic heterocycles. The van der Waals surface area contributed by atoms with E-state index in [2.05, 4.69) is 65.7 Å². The Bertz CT molecular complexity index is 1970. The van der Waals surface area contributed by atoms with E-state index >= 15 is 0 Å². The Morgan fingerprint density at radius 1 is 0.868 bits per heavy atom. The van der Waals surface area contributed by atoms with Gasteiger partial charge in [-0.25, -0.2) is 15.0 Å². The number of rotatable bonds is 9. The van der Waals surface area contributed by atoms with Crippen molar-refractivity contribution >= 4 is 35.2 Å². The van der Waals surface area contributed by atoms with Gasteiger partial charge in [-0.2, -0.15) is 0 Å². The van der Waals surface area contributed by atoms with Gasteiger partial charge in [0.15, 0.2) is 0 Å². The third kappa shape index (κ3) is 7.37. The number of pyridine rings is 1. The van der Waals surface area contributed by atoms with Crippen molar-refractivity contribution in [1.29, 1.82) is 0 Å². The third-order valence-electron chi connectivity index (χ3n) is 11.4. The van der Waals surface area contributed by atoms with Crippen molar-refractivity contribution in [2.45, 2.75) is 75.7 Å². The molecule has 3 saturated heterocycles. The summed E-state index contributed by atoms with van der Waals surface area (Å²) in [5.74, 6) is 0.762. The van der Waals surface area contributed by atoms with Crippen molar-refractivity contribution in [2.24, 2.45) is 5.73 Å². The zero-order chi connectivity index (χ0) is 36.5. The number of imide groups is 1. The van der Waals surface area contributed by atoms with E-state index in [1.165, 1.54) is 16.8 Å². The van der Waals surface area contributed by atoms with Gasteiger partial charge in [0.2, 0.25) is 17.8 Å². The highest BCUT2D eigenvalue weighted by molar-refractivity contribution is 6.05. The van der Waals surface area contributed by atoms with Crippen molar-refractivity contribution in [2.75, 3.05) is 36.4 Å². The second-order valence-corrected chi connectivity index (χ2v) is 14.7. The molecule has 3 amide bonds. The van der Waals surface area contributed by atoms with E-state index in [0.717, 1.165) is 62.3 Å². The topological polar surface area (TPSA) is 170 Å². The lowest BCUT2D eigenvalue weighted by Gasteiger charge is -2.39. The number of amides is 3. The van der Waals surface area contributed by atoms with Gasteiger partial charge in [0.1, 0.15) is 11.9 Å². The Balaban J connectivity index is 0.805. The van der Waals surface area contributed by atoms with E-state index in [4.69, 9.17) is 5.73 Å². The summed E-state index contributed by atoms with van der Waals surface area (Å²) in [5.41, 5.74) is 11.5. The first kappa shape index (κ1) is 34.8. The summed E-state index contributed by atoms with van der Waals surface area (Å²) < 4.78 is 0. The number of nitrogens with one attached hydrogen (secondary N) is 2. The lowest BCUT2D eigenvalue weighted by atomic mass is 9.83. The normalized spacial score (nSPS) is 20.7. The summed E-state index contributed by atoms with van der Waals surface area (Å²) in [4.78, 5) is 56.8. The largest absolute Gasteiger partial charge is 0.385 e. The van der Waals surface area contributed by atoms with Crippen LogP contribution in [0.2, 0.25) is 0 Å². The number of aromatic nitrogens is 3. The molecule has 13 nitrogen and oxygen atoms in total. The molecule has 3 fully saturated rings. The number of aliphatic hydroxyl groups is 1. The van der Waals surface area contributed by atoms with Crippen LogP contribution in [0, 0.1) is 0 Å². The summed E-state index contributed by atoms with van der Waals surface area (Å²) in [5, 5.41) is 17.2. The summed E-state index contributed by atoms with van der Waals surface area (Å²) in [7, 11) is 0.